The second-order valence-electron chi connectivity index (χ2n) is 5.84. The fraction of sp³-hybridized carbons (Fsp3) is 0.0952. The first-order chi connectivity index (χ1) is 13.4. The predicted octanol–water partition coefficient (Wildman–Crippen LogP) is 3.60. The number of hydrogen-bond donors (Lipinski definition) is 1. The van der Waals surface area contributed by atoms with Crippen molar-refractivity contribution < 1.29 is 28.3 Å². The molecule has 2 aromatic heterocycles. The van der Waals surface area contributed by atoms with Gasteiger partial charge in [-0.1, -0.05) is 18.2 Å². The molecule has 0 fully saturated rings. The number of hydrogen-bond acceptors (Lipinski definition) is 7. The molecule has 2 heterocycles. The molecule has 3 rings (SSSR count). The third-order valence-corrected chi connectivity index (χ3v) is 3.92. The van der Waals surface area contributed by atoms with Crippen LogP contribution in [0.25, 0.3) is 17.4 Å². The normalized spacial score (nSPS) is 10.9. The van der Waals surface area contributed by atoms with Crippen LogP contribution < -0.4 is 5.63 Å². The van der Waals surface area contributed by atoms with Crippen LogP contribution in [0.5, 0.6) is 5.75 Å². The van der Waals surface area contributed by atoms with E-state index in [4.69, 9.17) is 13.6 Å². The Bertz CT molecular complexity index is 1130. The van der Waals surface area contributed by atoms with Crippen LogP contribution in [-0.4, -0.2) is 24.0 Å². The van der Waals surface area contributed by atoms with Crippen LogP contribution >= 0.6 is 0 Å². The van der Waals surface area contributed by atoms with Crippen LogP contribution in [0.3, 0.4) is 0 Å². The molecule has 0 spiro atoms. The fourth-order valence-electron chi connectivity index (χ4n) is 2.64. The van der Waals surface area contributed by atoms with Gasteiger partial charge in [-0.3, -0.25) is 4.79 Å². The molecule has 0 aliphatic heterocycles. The summed E-state index contributed by atoms with van der Waals surface area (Å²) in [5.41, 5.74) is -0.491. The van der Waals surface area contributed by atoms with E-state index in [1.54, 1.807) is 36.4 Å². The minimum Gasteiger partial charge on any atom is -0.507 e. The van der Waals surface area contributed by atoms with Gasteiger partial charge in [-0.15, -0.1) is 0 Å². The molecule has 3 aromatic rings. The van der Waals surface area contributed by atoms with Crippen molar-refractivity contribution >= 4 is 17.8 Å². The van der Waals surface area contributed by atoms with Gasteiger partial charge in [0, 0.05) is 11.6 Å². The third kappa shape index (κ3) is 3.78. The summed E-state index contributed by atoms with van der Waals surface area (Å²) >= 11 is 0. The standard InChI is InChI=1S/C21H16O7/c1-12-11-17(23)19(21(25)27-12)16(22)9-7-13-8-10-18(28-13)14-5-3-4-6-15(14)20(24)26-2/h3-11,23H,1-2H3/b9-7+. The zero-order chi connectivity index (χ0) is 20.3. The molecule has 0 atom stereocenters. The highest BCUT2D eigenvalue weighted by Gasteiger charge is 2.17. The van der Waals surface area contributed by atoms with Crippen molar-refractivity contribution in [3.05, 3.63) is 81.6 Å². The number of rotatable bonds is 5. The SMILES string of the molecule is COC(=O)c1ccccc1-c1ccc(/C=C/C(=O)c2c(O)cc(C)oc2=O)o1. The van der Waals surface area contributed by atoms with E-state index in [1.165, 1.54) is 26.2 Å². The Labute approximate surface area is 159 Å². The number of ether oxygens (including phenoxy) is 1. The first kappa shape index (κ1) is 18.9. The largest absolute Gasteiger partial charge is 0.507 e. The van der Waals surface area contributed by atoms with E-state index in [9.17, 15) is 19.5 Å². The molecule has 0 bridgehead atoms. The minimum absolute atomic E-state index is 0.197. The van der Waals surface area contributed by atoms with Gasteiger partial charge in [0.05, 0.1) is 12.7 Å². The Balaban J connectivity index is 1.87. The molecule has 1 aromatic carbocycles. The van der Waals surface area contributed by atoms with Gasteiger partial charge in [-0.2, -0.15) is 0 Å². The van der Waals surface area contributed by atoms with E-state index in [2.05, 4.69) is 0 Å². The Morgan fingerprint density at radius 3 is 2.57 bits per heavy atom. The Kier molecular flexibility index (Phi) is 5.26. The van der Waals surface area contributed by atoms with Crippen LogP contribution in [0.2, 0.25) is 0 Å². The van der Waals surface area contributed by atoms with Gasteiger partial charge in [0.2, 0.25) is 0 Å². The maximum atomic E-state index is 12.2. The molecule has 0 aliphatic rings. The second kappa shape index (κ2) is 7.79. The Morgan fingerprint density at radius 2 is 1.86 bits per heavy atom. The summed E-state index contributed by atoms with van der Waals surface area (Å²) < 4.78 is 15.3. The van der Waals surface area contributed by atoms with Gasteiger partial charge < -0.3 is 18.7 Å². The summed E-state index contributed by atoms with van der Waals surface area (Å²) in [4.78, 5) is 35.9. The highest BCUT2D eigenvalue weighted by molar-refractivity contribution is 6.08. The van der Waals surface area contributed by atoms with Crippen molar-refractivity contribution in [2.75, 3.05) is 7.11 Å². The van der Waals surface area contributed by atoms with Gasteiger partial charge >= 0.3 is 11.6 Å². The molecule has 7 heteroatoms. The second-order valence-corrected chi connectivity index (χ2v) is 5.84. The molecule has 7 nitrogen and oxygen atoms in total. The van der Waals surface area contributed by atoms with E-state index in [-0.39, 0.29) is 5.76 Å². The van der Waals surface area contributed by atoms with Crippen molar-refractivity contribution in [1.29, 1.82) is 0 Å². The number of benzene rings is 1. The average Bonchev–Trinajstić information content (AvgIpc) is 3.14. The maximum Gasteiger partial charge on any atom is 0.351 e. The summed E-state index contributed by atoms with van der Waals surface area (Å²) in [6.45, 7) is 1.49. The zero-order valence-corrected chi connectivity index (χ0v) is 15.1. The topological polar surface area (TPSA) is 107 Å². The molecule has 0 aliphatic carbocycles. The zero-order valence-electron chi connectivity index (χ0n) is 15.1. The Morgan fingerprint density at radius 1 is 1.11 bits per heavy atom. The average molecular weight is 380 g/mol. The highest BCUT2D eigenvalue weighted by Crippen LogP contribution is 2.27. The monoisotopic (exact) mass is 380 g/mol. The summed E-state index contributed by atoms with van der Waals surface area (Å²) in [6.07, 6.45) is 2.45. The molecule has 1 N–H and O–H groups in total. The number of carbonyl (C=O) groups excluding carboxylic acids is 2. The molecule has 0 radical (unpaired) electrons. The number of allylic oxidation sites excluding steroid dienone is 1. The molecular weight excluding hydrogens is 364 g/mol. The van der Waals surface area contributed by atoms with Gasteiger partial charge in [0.1, 0.15) is 28.6 Å². The van der Waals surface area contributed by atoms with Crippen LogP contribution in [-0.2, 0) is 4.74 Å². The van der Waals surface area contributed by atoms with Crippen LogP contribution in [0.15, 0.2) is 62.2 Å². The number of ketones is 1. The minimum atomic E-state index is -0.917. The highest BCUT2D eigenvalue weighted by atomic mass is 16.5. The molecule has 0 saturated heterocycles. The quantitative estimate of drug-likeness (QED) is 0.409. The lowest BCUT2D eigenvalue weighted by Crippen LogP contribution is -2.12. The van der Waals surface area contributed by atoms with Gasteiger partial charge in [-0.25, -0.2) is 9.59 Å². The number of carbonyl (C=O) groups is 2. The molecule has 0 unspecified atom stereocenters. The molecular formula is C21H16O7. The lowest BCUT2D eigenvalue weighted by molar-refractivity contribution is 0.0601. The molecule has 28 heavy (non-hydrogen) atoms. The van der Waals surface area contributed by atoms with Crippen molar-refractivity contribution in [2.24, 2.45) is 0 Å². The molecule has 0 saturated carbocycles. The van der Waals surface area contributed by atoms with E-state index in [1.807, 2.05) is 0 Å². The van der Waals surface area contributed by atoms with Crippen molar-refractivity contribution in [1.82, 2.24) is 0 Å². The van der Waals surface area contributed by atoms with E-state index >= 15 is 0 Å². The lowest BCUT2D eigenvalue weighted by Gasteiger charge is -2.04. The first-order valence-electron chi connectivity index (χ1n) is 8.24. The summed E-state index contributed by atoms with van der Waals surface area (Å²) in [6, 6.07) is 11.2. The smallest absolute Gasteiger partial charge is 0.351 e. The summed E-state index contributed by atoms with van der Waals surface area (Å²) in [5.74, 6) is -0.747. The first-order valence-corrected chi connectivity index (χ1v) is 8.24. The summed E-state index contributed by atoms with van der Waals surface area (Å²) in [7, 11) is 1.29. The third-order valence-electron chi connectivity index (χ3n) is 3.92. The predicted molar refractivity (Wildman–Crippen MR) is 100 cm³/mol. The van der Waals surface area contributed by atoms with E-state index < -0.39 is 28.7 Å². The van der Waals surface area contributed by atoms with E-state index in [0.29, 0.717) is 22.6 Å². The van der Waals surface area contributed by atoms with Crippen LogP contribution in [0, 0.1) is 6.92 Å². The maximum absolute atomic E-state index is 12.2. The number of furan rings is 1. The van der Waals surface area contributed by atoms with Crippen molar-refractivity contribution in [2.45, 2.75) is 6.92 Å². The molecule has 0 amide bonds. The number of aromatic hydroxyl groups is 1. The van der Waals surface area contributed by atoms with Crippen LogP contribution in [0.1, 0.15) is 32.2 Å². The number of aryl methyl sites for hydroxylation is 1. The fourth-order valence-corrected chi connectivity index (χ4v) is 2.64. The van der Waals surface area contributed by atoms with Crippen molar-refractivity contribution in [3.8, 4) is 17.1 Å². The van der Waals surface area contributed by atoms with Crippen molar-refractivity contribution in [3.63, 3.8) is 0 Å². The van der Waals surface area contributed by atoms with E-state index in [0.717, 1.165) is 6.08 Å². The number of methoxy groups -OCH3 is 1. The van der Waals surface area contributed by atoms with Crippen LogP contribution in [0.4, 0.5) is 0 Å². The summed E-state index contributed by atoms with van der Waals surface area (Å²) in [5, 5.41) is 9.82. The van der Waals surface area contributed by atoms with Gasteiger partial charge in [0.15, 0.2) is 5.78 Å². The Hall–Kier alpha value is -3.87. The van der Waals surface area contributed by atoms with Gasteiger partial charge in [0.25, 0.3) is 0 Å². The lowest BCUT2D eigenvalue weighted by atomic mass is 10.1. The van der Waals surface area contributed by atoms with Gasteiger partial charge in [-0.05, 0) is 37.3 Å². The number of esters is 1. The molecule has 142 valence electrons.